The van der Waals surface area contributed by atoms with E-state index in [4.69, 9.17) is 28.4 Å². The van der Waals surface area contributed by atoms with Crippen LogP contribution in [0, 0.1) is 0 Å². The molecular formula is C54H97NO18. The number of aliphatic hydroxyl groups excluding tert-OH is 11. The molecule has 19 nitrogen and oxygen atoms in total. The Morgan fingerprint density at radius 3 is 1.37 bits per heavy atom. The van der Waals surface area contributed by atoms with Gasteiger partial charge in [0.15, 0.2) is 18.9 Å². The third kappa shape index (κ3) is 23.7. The molecule has 0 aromatic heterocycles. The number of hydrogen-bond donors (Lipinski definition) is 12. The van der Waals surface area contributed by atoms with Crippen molar-refractivity contribution in [3.63, 3.8) is 0 Å². The summed E-state index contributed by atoms with van der Waals surface area (Å²) >= 11 is 0. The van der Waals surface area contributed by atoms with Crippen LogP contribution in [0.2, 0.25) is 0 Å². The highest BCUT2D eigenvalue weighted by molar-refractivity contribution is 5.76. The maximum Gasteiger partial charge on any atom is 0.220 e. The number of aliphatic hydroxyl groups is 11. The quantitative estimate of drug-likeness (QED) is 0.0310. The van der Waals surface area contributed by atoms with Crippen molar-refractivity contribution >= 4 is 5.91 Å². The Morgan fingerprint density at radius 1 is 0.479 bits per heavy atom. The minimum absolute atomic E-state index is 0.225. The average molecular weight is 1050 g/mol. The summed E-state index contributed by atoms with van der Waals surface area (Å²) in [5.74, 6) is -0.297. The average Bonchev–Trinajstić information content (AvgIpc) is 3.39. The molecule has 0 spiro atoms. The van der Waals surface area contributed by atoms with E-state index in [0.29, 0.717) is 12.8 Å². The summed E-state index contributed by atoms with van der Waals surface area (Å²) in [4.78, 5) is 13.2. The molecule has 17 unspecified atom stereocenters. The first-order valence-corrected chi connectivity index (χ1v) is 27.7. The van der Waals surface area contributed by atoms with Gasteiger partial charge in [-0.3, -0.25) is 4.79 Å². The molecule has 3 rings (SSSR count). The van der Waals surface area contributed by atoms with Crippen molar-refractivity contribution in [2.24, 2.45) is 0 Å². The minimum atomic E-state index is -1.98. The number of nitrogens with one attached hydrogen (secondary N) is 1. The lowest BCUT2D eigenvalue weighted by Crippen LogP contribution is -2.66. The molecule has 17 atom stereocenters. The molecule has 3 aliphatic rings. The van der Waals surface area contributed by atoms with E-state index in [2.05, 4.69) is 43.5 Å². The van der Waals surface area contributed by atoms with Crippen molar-refractivity contribution in [1.29, 1.82) is 0 Å². The zero-order chi connectivity index (χ0) is 53.4. The van der Waals surface area contributed by atoms with Gasteiger partial charge in [0.25, 0.3) is 0 Å². The van der Waals surface area contributed by atoms with Crippen LogP contribution in [0.4, 0.5) is 0 Å². The van der Waals surface area contributed by atoms with E-state index in [1.807, 2.05) is 6.08 Å². The van der Waals surface area contributed by atoms with Crippen LogP contribution in [0.1, 0.15) is 168 Å². The molecule has 0 bridgehead atoms. The molecule has 0 radical (unpaired) electrons. The fourth-order valence-corrected chi connectivity index (χ4v) is 9.26. The first-order valence-electron chi connectivity index (χ1n) is 27.7. The number of allylic oxidation sites excluding steroid dienone is 5. The summed E-state index contributed by atoms with van der Waals surface area (Å²) in [6, 6.07) is -0.991. The highest BCUT2D eigenvalue weighted by Gasteiger charge is 2.53. The summed E-state index contributed by atoms with van der Waals surface area (Å²) in [5, 5.41) is 120. The second-order valence-electron chi connectivity index (χ2n) is 20.0. The van der Waals surface area contributed by atoms with Gasteiger partial charge in [-0.1, -0.05) is 140 Å². The number of hydrogen-bond acceptors (Lipinski definition) is 18. The lowest BCUT2D eigenvalue weighted by molar-refractivity contribution is -0.379. The molecule has 3 heterocycles. The standard InChI is InChI=1S/C54H97NO18/c1-3-5-7-9-11-13-15-17-19-21-23-25-27-29-31-38(59)37(55-42(60)32-30-28-26-24-22-20-18-16-14-12-10-8-6-4-2)36-68-52-48(66)45(63)50(40(34-57)70-52)73-54-49(67)46(64)51(41(35-58)71-54)72-53-47(65)44(62)43(61)39(33-56)69-53/h16,18,21,23,29,31,37-41,43-54,56-59,61-67H,3-15,17,19-20,22,24-28,30,32-36H2,1-2H3,(H,55,60)/b18-16-,23-21+,31-29+. The Labute approximate surface area is 434 Å². The molecule has 3 saturated heterocycles. The lowest BCUT2D eigenvalue weighted by Gasteiger charge is -2.48. The van der Waals surface area contributed by atoms with Gasteiger partial charge in [-0.25, -0.2) is 0 Å². The van der Waals surface area contributed by atoms with Crippen LogP contribution in [0.25, 0.3) is 0 Å². The van der Waals surface area contributed by atoms with E-state index >= 15 is 0 Å². The van der Waals surface area contributed by atoms with Gasteiger partial charge in [0.05, 0.1) is 38.6 Å². The fourth-order valence-electron chi connectivity index (χ4n) is 9.26. The van der Waals surface area contributed by atoms with Crippen LogP contribution >= 0.6 is 0 Å². The van der Waals surface area contributed by atoms with E-state index in [9.17, 15) is 61.0 Å². The SMILES string of the molecule is CCCCCCC/C=C\CCCCCCCC(=O)NC(COC1OC(CO)C(OC2OC(CO)C(OC3OC(CO)C(O)C(O)C3O)C(O)C2O)C(O)C1O)C(O)/C=C/CC/C=C/CCCCCCCCCC. The molecule has 12 N–H and O–H groups in total. The van der Waals surface area contributed by atoms with E-state index < -0.39 is 124 Å². The molecule has 3 aliphatic heterocycles. The van der Waals surface area contributed by atoms with E-state index in [1.54, 1.807) is 6.08 Å². The van der Waals surface area contributed by atoms with E-state index in [-0.39, 0.29) is 18.9 Å². The molecule has 0 aromatic carbocycles. The highest BCUT2D eigenvalue weighted by Crippen LogP contribution is 2.33. The van der Waals surface area contributed by atoms with Gasteiger partial charge in [-0.05, 0) is 57.8 Å². The summed E-state index contributed by atoms with van der Waals surface area (Å²) in [5.41, 5.74) is 0. The Bertz CT molecular complexity index is 1490. The highest BCUT2D eigenvalue weighted by atomic mass is 16.8. The number of amides is 1. The van der Waals surface area contributed by atoms with Gasteiger partial charge in [0.2, 0.25) is 5.91 Å². The van der Waals surface area contributed by atoms with Crippen molar-refractivity contribution in [3.05, 3.63) is 36.5 Å². The van der Waals surface area contributed by atoms with Crippen molar-refractivity contribution in [3.8, 4) is 0 Å². The predicted octanol–water partition coefficient (Wildman–Crippen LogP) is 3.37. The van der Waals surface area contributed by atoms with Crippen LogP contribution < -0.4 is 5.32 Å². The molecular weight excluding hydrogens is 951 g/mol. The van der Waals surface area contributed by atoms with Crippen LogP contribution in [-0.2, 0) is 33.2 Å². The van der Waals surface area contributed by atoms with Crippen LogP contribution in [-0.4, -0.2) is 193 Å². The molecule has 0 saturated carbocycles. The van der Waals surface area contributed by atoms with Crippen molar-refractivity contribution in [2.75, 3.05) is 26.4 Å². The van der Waals surface area contributed by atoms with Gasteiger partial charge >= 0.3 is 0 Å². The van der Waals surface area contributed by atoms with Crippen LogP contribution in [0.5, 0.6) is 0 Å². The summed E-state index contributed by atoms with van der Waals surface area (Å²) in [6.45, 7) is 1.65. The summed E-state index contributed by atoms with van der Waals surface area (Å²) in [6.07, 6.45) is 11.4. The Kier molecular flexibility index (Phi) is 34.5. The minimum Gasteiger partial charge on any atom is -0.394 e. The lowest BCUT2D eigenvalue weighted by atomic mass is 9.96. The molecule has 73 heavy (non-hydrogen) atoms. The Morgan fingerprint density at radius 2 is 0.877 bits per heavy atom. The zero-order valence-electron chi connectivity index (χ0n) is 43.9. The van der Waals surface area contributed by atoms with Crippen molar-refractivity contribution in [2.45, 2.75) is 272 Å². The molecule has 19 heteroatoms. The molecule has 0 aromatic rings. The van der Waals surface area contributed by atoms with Crippen LogP contribution in [0.3, 0.4) is 0 Å². The number of carbonyl (C=O) groups is 1. The Hall–Kier alpha value is -1.99. The Balaban J connectivity index is 1.56. The van der Waals surface area contributed by atoms with Gasteiger partial charge in [0.1, 0.15) is 73.2 Å². The first kappa shape index (κ1) is 65.3. The molecule has 1 amide bonds. The van der Waals surface area contributed by atoms with Crippen molar-refractivity contribution in [1.82, 2.24) is 5.32 Å². The molecule has 426 valence electrons. The zero-order valence-corrected chi connectivity index (χ0v) is 43.9. The van der Waals surface area contributed by atoms with E-state index in [1.165, 1.54) is 77.0 Å². The fraction of sp³-hybridized carbons (Fsp3) is 0.870. The smallest absolute Gasteiger partial charge is 0.220 e. The van der Waals surface area contributed by atoms with Crippen LogP contribution in [0.15, 0.2) is 36.5 Å². The number of carbonyl (C=O) groups excluding carboxylic acids is 1. The summed E-state index contributed by atoms with van der Waals surface area (Å²) < 4.78 is 34.1. The maximum atomic E-state index is 13.2. The number of unbranched alkanes of at least 4 members (excludes halogenated alkanes) is 19. The third-order valence-corrected chi connectivity index (χ3v) is 13.9. The van der Waals surface area contributed by atoms with E-state index in [0.717, 1.165) is 57.8 Å². The first-order chi connectivity index (χ1) is 35.3. The summed E-state index contributed by atoms with van der Waals surface area (Å²) in [7, 11) is 0. The monoisotopic (exact) mass is 1050 g/mol. The van der Waals surface area contributed by atoms with Gasteiger partial charge < -0.3 is 89.9 Å². The van der Waals surface area contributed by atoms with Gasteiger partial charge in [-0.15, -0.1) is 0 Å². The second kappa shape index (κ2) is 38.5. The second-order valence-corrected chi connectivity index (χ2v) is 20.0. The largest absolute Gasteiger partial charge is 0.394 e. The van der Waals surface area contributed by atoms with Gasteiger partial charge in [-0.2, -0.15) is 0 Å². The third-order valence-electron chi connectivity index (χ3n) is 13.9. The topological polar surface area (TPSA) is 307 Å². The maximum absolute atomic E-state index is 13.2. The van der Waals surface area contributed by atoms with Crippen molar-refractivity contribution < 1.29 is 89.4 Å². The normalized spacial score (nSPS) is 32.0. The molecule has 0 aliphatic carbocycles. The number of ether oxygens (including phenoxy) is 6. The predicted molar refractivity (Wildman–Crippen MR) is 272 cm³/mol. The molecule has 3 fully saturated rings. The van der Waals surface area contributed by atoms with Gasteiger partial charge in [0, 0.05) is 6.42 Å². The number of rotatable bonds is 39.